The molecule has 1 amide bonds. The van der Waals surface area contributed by atoms with Gasteiger partial charge in [0.2, 0.25) is 5.91 Å². The van der Waals surface area contributed by atoms with Crippen LogP contribution in [0.15, 0.2) is 67.0 Å². The first-order chi connectivity index (χ1) is 16.3. The van der Waals surface area contributed by atoms with E-state index < -0.39 is 9.84 Å². The summed E-state index contributed by atoms with van der Waals surface area (Å²) in [6.07, 6.45) is 3.81. The lowest BCUT2D eigenvalue weighted by molar-refractivity contribution is -0.118. The van der Waals surface area contributed by atoms with Gasteiger partial charge in [-0.2, -0.15) is 0 Å². The zero-order valence-electron chi connectivity index (χ0n) is 19.3. The first-order valence-corrected chi connectivity index (χ1v) is 13.8. The number of pyridine rings is 1. The second-order valence-corrected chi connectivity index (χ2v) is 11.6. The Morgan fingerprint density at radius 2 is 1.79 bits per heavy atom. The molecule has 4 aromatic rings. The Morgan fingerprint density at radius 1 is 1.03 bits per heavy atom. The molecule has 176 valence electrons. The predicted molar refractivity (Wildman–Crippen MR) is 138 cm³/mol. The molecule has 0 aliphatic carbocycles. The maximum Gasteiger partial charge on any atom is 0.229 e. The Balaban J connectivity index is 1.51. The van der Waals surface area contributed by atoms with Crippen molar-refractivity contribution in [2.75, 3.05) is 10.7 Å². The average Bonchev–Trinajstić information content (AvgIpc) is 3.22. The Labute approximate surface area is 204 Å². The number of rotatable bonds is 9. The van der Waals surface area contributed by atoms with Gasteiger partial charge in [-0.25, -0.2) is 13.4 Å². The number of fused-ring (bicyclic) bond motifs is 1. The van der Waals surface area contributed by atoms with Crippen molar-refractivity contribution in [2.45, 2.75) is 39.0 Å². The Hall–Kier alpha value is -3.10. The molecule has 0 aliphatic heterocycles. The summed E-state index contributed by atoms with van der Waals surface area (Å²) in [5.41, 5.74) is 4.75. The van der Waals surface area contributed by atoms with Crippen LogP contribution in [0.4, 0.5) is 5.13 Å². The molecule has 0 N–H and O–H groups in total. The fourth-order valence-electron chi connectivity index (χ4n) is 3.89. The van der Waals surface area contributed by atoms with Gasteiger partial charge >= 0.3 is 0 Å². The van der Waals surface area contributed by atoms with Gasteiger partial charge in [-0.15, -0.1) is 0 Å². The van der Waals surface area contributed by atoms with Crippen LogP contribution in [-0.2, 0) is 26.9 Å². The van der Waals surface area contributed by atoms with E-state index >= 15 is 0 Å². The third kappa shape index (κ3) is 6.07. The number of sulfone groups is 1. The van der Waals surface area contributed by atoms with E-state index in [0.717, 1.165) is 32.5 Å². The number of hydrogen-bond acceptors (Lipinski definition) is 6. The van der Waals surface area contributed by atoms with Crippen LogP contribution in [0.1, 0.15) is 35.1 Å². The summed E-state index contributed by atoms with van der Waals surface area (Å²) in [6, 6.07) is 17.0. The molecule has 6 nitrogen and oxygen atoms in total. The molecule has 0 saturated carbocycles. The van der Waals surface area contributed by atoms with E-state index in [4.69, 9.17) is 4.98 Å². The molecule has 0 aliphatic rings. The van der Waals surface area contributed by atoms with E-state index in [-0.39, 0.29) is 30.3 Å². The van der Waals surface area contributed by atoms with Crippen molar-refractivity contribution in [2.24, 2.45) is 0 Å². The van der Waals surface area contributed by atoms with Crippen molar-refractivity contribution in [1.82, 2.24) is 9.97 Å². The van der Waals surface area contributed by atoms with E-state index in [0.29, 0.717) is 11.7 Å². The SMILES string of the molecule is Cc1cc(C)c2nc(N(Cc3cccnc3)C(=O)CCCS(=O)(=O)Cc3ccccc3)sc2c1. The minimum Gasteiger partial charge on any atom is -0.284 e. The van der Waals surface area contributed by atoms with Gasteiger partial charge < -0.3 is 0 Å². The first kappa shape index (κ1) is 24.0. The summed E-state index contributed by atoms with van der Waals surface area (Å²) in [6.45, 7) is 4.39. The normalized spacial score (nSPS) is 11.6. The summed E-state index contributed by atoms with van der Waals surface area (Å²) in [7, 11) is -3.30. The summed E-state index contributed by atoms with van der Waals surface area (Å²) in [5, 5.41) is 0.615. The number of aryl methyl sites for hydroxylation is 2. The number of hydrogen-bond donors (Lipinski definition) is 0. The molecule has 4 rings (SSSR count). The number of nitrogens with zero attached hydrogens (tertiary/aromatic N) is 3. The van der Waals surface area contributed by atoms with Gasteiger partial charge in [0.15, 0.2) is 15.0 Å². The number of amides is 1. The van der Waals surface area contributed by atoms with E-state index in [2.05, 4.69) is 17.1 Å². The molecule has 0 spiro atoms. The van der Waals surface area contributed by atoms with Crippen LogP contribution in [0.3, 0.4) is 0 Å². The van der Waals surface area contributed by atoms with Gasteiger partial charge in [-0.05, 0) is 54.7 Å². The standard InChI is InChI=1S/C26H27N3O3S2/c1-19-14-20(2)25-23(15-19)33-26(28-25)29(17-22-10-6-12-27-16-22)24(30)11-7-13-34(31,32)18-21-8-4-3-5-9-21/h3-6,8-10,12,14-16H,7,11,13,17-18H2,1-2H3. The maximum atomic E-state index is 13.3. The first-order valence-electron chi connectivity index (χ1n) is 11.1. The molecule has 0 radical (unpaired) electrons. The van der Waals surface area contributed by atoms with Gasteiger partial charge in [-0.3, -0.25) is 14.7 Å². The van der Waals surface area contributed by atoms with E-state index in [9.17, 15) is 13.2 Å². The minimum absolute atomic E-state index is 0.0159. The van der Waals surface area contributed by atoms with Crippen LogP contribution in [0, 0.1) is 13.8 Å². The molecule has 2 aromatic carbocycles. The molecular weight excluding hydrogens is 466 g/mol. The van der Waals surface area contributed by atoms with Gasteiger partial charge in [-0.1, -0.05) is 53.8 Å². The van der Waals surface area contributed by atoms with Crippen molar-refractivity contribution < 1.29 is 13.2 Å². The fourth-order valence-corrected chi connectivity index (χ4v) is 6.48. The molecule has 0 saturated heterocycles. The molecule has 0 fully saturated rings. The quantitative estimate of drug-likeness (QED) is 0.319. The molecule has 0 bridgehead atoms. The molecule has 34 heavy (non-hydrogen) atoms. The van der Waals surface area contributed by atoms with Crippen LogP contribution < -0.4 is 4.90 Å². The predicted octanol–water partition coefficient (Wildman–Crippen LogP) is 5.24. The highest BCUT2D eigenvalue weighted by atomic mass is 32.2. The number of carbonyl (C=O) groups excluding carboxylic acids is 1. The van der Waals surface area contributed by atoms with Crippen LogP contribution in [0.5, 0.6) is 0 Å². The lowest BCUT2D eigenvalue weighted by Crippen LogP contribution is -2.30. The molecule has 2 heterocycles. The third-order valence-electron chi connectivity index (χ3n) is 5.49. The van der Waals surface area contributed by atoms with Crippen molar-refractivity contribution in [1.29, 1.82) is 0 Å². The highest BCUT2D eigenvalue weighted by Gasteiger charge is 2.22. The lowest BCUT2D eigenvalue weighted by atomic mass is 10.1. The third-order valence-corrected chi connectivity index (χ3v) is 8.20. The molecule has 8 heteroatoms. The van der Waals surface area contributed by atoms with Crippen LogP contribution in [-0.4, -0.2) is 30.0 Å². The smallest absolute Gasteiger partial charge is 0.229 e. The van der Waals surface area contributed by atoms with Gasteiger partial charge in [0.1, 0.15) is 0 Å². The van der Waals surface area contributed by atoms with E-state index in [1.807, 2.05) is 44.2 Å². The summed E-state index contributed by atoms with van der Waals surface area (Å²) in [4.78, 5) is 23.9. The van der Waals surface area contributed by atoms with Crippen molar-refractivity contribution in [3.8, 4) is 0 Å². The maximum absolute atomic E-state index is 13.3. The van der Waals surface area contributed by atoms with Gasteiger partial charge in [0, 0.05) is 18.8 Å². The summed E-state index contributed by atoms with van der Waals surface area (Å²) >= 11 is 1.48. The lowest BCUT2D eigenvalue weighted by Gasteiger charge is -2.20. The van der Waals surface area contributed by atoms with Crippen LogP contribution in [0.2, 0.25) is 0 Å². The molecule has 2 aromatic heterocycles. The highest BCUT2D eigenvalue weighted by Crippen LogP contribution is 2.33. The molecular formula is C26H27N3O3S2. The fraction of sp³-hybridized carbons (Fsp3) is 0.269. The van der Waals surface area contributed by atoms with Crippen LogP contribution in [0.25, 0.3) is 10.2 Å². The Bertz CT molecular complexity index is 1390. The summed E-state index contributed by atoms with van der Waals surface area (Å²) < 4.78 is 26.1. The molecule has 0 unspecified atom stereocenters. The van der Waals surface area contributed by atoms with Crippen molar-refractivity contribution in [3.63, 3.8) is 0 Å². The number of carbonyl (C=O) groups is 1. The second kappa shape index (κ2) is 10.4. The number of thiazole rings is 1. The molecule has 0 atom stereocenters. The van der Waals surface area contributed by atoms with Crippen molar-refractivity contribution >= 4 is 42.4 Å². The van der Waals surface area contributed by atoms with Crippen LogP contribution >= 0.6 is 11.3 Å². The van der Waals surface area contributed by atoms with Crippen molar-refractivity contribution in [3.05, 3.63) is 89.2 Å². The average molecular weight is 494 g/mol. The highest BCUT2D eigenvalue weighted by molar-refractivity contribution is 7.90. The number of benzene rings is 2. The zero-order valence-corrected chi connectivity index (χ0v) is 20.9. The number of aromatic nitrogens is 2. The topological polar surface area (TPSA) is 80.2 Å². The Morgan fingerprint density at radius 3 is 2.53 bits per heavy atom. The second-order valence-electron chi connectivity index (χ2n) is 8.45. The van der Waals surface area contributed by atoms with Gasteiger partial charge in [0.25, 0.3) is 0 Å². The van der Waals surface area contributed by atoms with Gasteiger partial charge in [0.05, 0.1) is 28.3 Å². The Kier molecular flexibility index (Phi) is 7.38. The largest absolute Gasteiger partial charge is 0.284 e. The number of anilines is 1. The van der Waals surface area contributed by atoms with E-state index in [1.54, 1.807) is 29.4 Å². The minimum atomic E-state index is -3.30. The summed E-state index contributed by atoms with van der Waals surface area (Å²) in [5.74, 6) is -0.197. The zero-order chi connectivity index (χ0) is 24.1. The monoisotopic (exact) mass is 493 g/mol. The van der Waals surface area contributed by atoms with E-state index in [1.165, 1.54) is 11.3 Å².